The van der Waals surface area contributed by atoms with E-state index in [2.05, 4.69) is 0 Å². The highest BCUT2D eigenvalue weighted by Crippen LogP contribution is 2.28. The van der Waals surface area contributed by atoms with Crippen LogP contribution in [0.25, 0.3) is 0 Å². The first-order chi connectivity index (χ1) is 9.96. The minimum absolute atomic E-state index is 0.434. The van der Waals surface area contributed by atoms with Gasteiger partial charge in [-0.2, -0.15) is 0 Å². The van der Waals surface area contributed by atoms with Crippen molar-refractivity contribution >= 4 is 0 Å². The molecule has 0 aliphatic rings. The summed E-state index contributed by atoms with van der Waals surface area (Å²) in [7, 11) is 0. The summed E-state index contributed by atoms with van der Waals surface area (Å²) >= 11 is 0. The molecule has 0 bridgehead atoms. The van der Waals surface area contributed by atoms with Crippen LogP contribution in [0.15, 0.2) is 60.7 Å². The van der Waals surface area contributed by atoms with E-state index in [1.165, 1.54) is 0 Å². The summed E-state index contributed by atoms with van der Waals surface area (Å²) in [5.74, 6) is 0.736. The van der Waals surface area contributed by atoms with Gasteiger partial charge in [-0.05, 0) is 38.0 Å². The Labute approximate surface area is 126 Å². The van der Waals surface area contributed by atoms with Crippen molar-refractivity contribution < 1.29 is 9.84 Å². The van der Waals surface area contributed by atoms with Crippen LogP contribution in [0.3, 0.4) is 0 Å². The summed E-state index contributed by atoms with van der Waals surface area (Å²) in [6, 6.07) is 19.3. The van der Waals surface area contributed by atoms with Gasteiger partial charge in [-0.15, -0.1) is 0 Å². The van der Waals surface area contributed by atoms with Crippen LogP contribution in [-0.4, -0.2) is 16.7 Å². The van der Waals surface area contributed by atoms with Crippen molar-refractivity contribution in [2.75, 3.05) is 0 Å². The maximum atomic E-state index is 10.6. The lowest BCUT2D eigenvalue weighted by Gasteiger charge is -2.29. The van der Waals surface area contributed by atoms with Crippen LogP contribution < -0.4 is 10.5 Å². The molecule has 0 saturated carbocycles. The number of hydrogen-bond donors (Lipinski definition) is 2. The zero-order valence-corrected chi connectivity index (χ0v) is 12.6. The standard InChI is InChI=1S/C18H23NO2/c1-18(2,19)13-16(20)17(14-9-5-3-6-10-14)21-15-11-7-4-8-12-15/h3-12,16-17,20H,13,19H2,1-2H3. The van der Waals surface area contributed by atoms with Gasteiger partial charge in [-0.1, -0.05) is 48.5 Å². The maximum absolute atomic E-state index is 10.6. The van der Waals surface area contributed by atoms with E-state index in [9.17, 15) is 5.11 Å². The van der Waals surface area contributed by atoms with Gasteiger partial charge in [-0.3, -0.25) is 0 Å². The fourth-order valence-electron chi connectivity index (χ4n) is 2.30. The van der Waals surface area contributed by atoms with E-state index in [1.54, 1.807) is 0 Å². The van der Waals surface area contributed by atoms with Crippen molar-refractivity contribution in [1.29, 1.82) is 0 Å². The Balaban J connectivity index is 2.22. The highest BCUT2D eigenvalue weighted by Gasteiger charge is 2.27. The monoisotopic (exact) mass is 285 g/mol. The van der Waals surface area contributed by atoms with E-state index in [1.807, 2.05) is 74.5 Å². The number of benzene rings is 2. The molecule has 2 unspecified atom stereocenters. The molecule has 0 fully saturated rings. The Morgan fingerprint density at radius 3 is 2.05 bits per heavy atom. The van der Waals surface area contributed by atoms with Gasteiger partial charge in [0.15, 0.2) is 0 Å². The summed E-state index contributed by atoms with van der Waals surface area (Å²) in [6.45, 7) is 3.81. The Hall–Kier alpha value is -1.84. The summed E-state index contributed by atoms with van der Waals surface area (Å²) in [4.78, 5) is 0. The van der Waals surface area contributed by atoms with Crippen LogP contribution in [0, 0.1) is 0 Å². The van der Waals surface area contributed by atoms with E-state index < -0.39 is 17.7 Å². The first-order valence-electron chi connectivity index (χ1n) is 7.19. The quantitative estimate of drug-likeness (QED) is 0.856. The van der Waals surface area contributed by atoms with Gasteiger partial charge in [0.2, 0.25) is 0 Å². The molecule has 2 aromatic carbocycles. The zero-order chi connectivity index (χ0) is 15.3. The third-order valence-electron chi connectivity index (χ3n) is 3.22. The number of ether oxygens (including phenoxy) is 1. The highest BCUT2D eigenvalue weighted by atomic mass is 16.5. The summed E-state index contributed by atoms with van der Waals surface area (Å²) in [5, 5.41) is 10.6. The average molecular weight is 285 g/mol. The maximum Gasteiger partial charge on any atom is 0.150 e. The van der Waals surface area contributed by atoms with Gasteiger partial charge >= 0.3 is 0 Å². The molecule has 2 aromatic rings. The van der Waals surface area contributed by atoms with Gasteiger partial charge < -0.3 is 15.6 Å². The lowest BCUT2D eigenvalue weighted by atomic mass is 9.92. The number of nitrogens with two attached hydrogens (primary N) is 1. The van der Waals surface area contributed by atoms with E-state index in [-0.39, 0.29) is 0 Å². The molecule has 0 aliphatic carbocycles. The molecule has 3 heteroatoms. The van der Waals surface area contributed by atoms with Crippen LogP contribution in [0.2, 0.25) is 0 Å². The van der Waals surface area contributed by atoms with Crippen LogP contribution in [-0.2, 0) is 0 Å². The van der Waals surface area contributed by atoms with E-state index >= 15 is 0 Å². The van der Waals surface area contributed by atoms with Crippen molar-refractivity contribution in [3.63, 3.8) is 0 Å². The second kappa shape index (κ2) is 6.74. The molecule has 3 N–H and O–H groups in total. The Morgan fingerprint density at radius 2 is 1.52 bits per heavy atom. The van der Waals surface area contributed by atoms with Crippen molar-refractivity contribution in [2.45, 2.75) is 38.0 Å². The minimum atomic E-state index is -0.674. The van der Waals surface area contributed by atoms with Gasteiger partial charge in [0.1, 0.15) is 11.9 Å². The van der Waals surface area contributed by atoms with Gasteiger partial charge in [0.05, 0.1) is 6.10 Å². The van der Waals surface area contributed by atoms with Crippen molar-refractivity contribution in [2.24, 2.45) is 5.73 Å². The summed E-state index contributed by atoms with van der Waals surface area (Å²) < 4.78 is 6.00. The molecule has 3 nitrogen and oxygen atoms in total. The summed E-state index contributed by atoms with van der Waals surface area (Å²) in [5.41, 5.74) is 6.52. The average Bonchev–Trinajstić information content (AvgIpc) is 2.45. The van der Waals surface area contributed by atoms with Crippen LogP contribution in [0.4, 0.5) is 0 Å². The van der Waals surface area contributed by atoms with E-state index in [0.717, 1.165) is 11.3 Å². The second-order valence-electron chi connectivity index (χ2n) is 6.02. The normalized spacial score (nSPS) is 14.5. The van der Waals surface area contributed by atoms with Gasteiger partial charge in [0.25, 0.3) is 0 Å². The largest absolute Gasteiger partial charge is 0.483 e. The molecule has 0 amide bonds. The van der Waals surface area contributed by atoms with E-state index in [0.29, 0.717) is 6.42 Å². The predicted molar refractivity (Wildman–Crippen MR) is 85.1 cm³/mol. The van der Waals surface area contributed by atoms with Gasteiger partial charge in [-0.25, -0.2) is 0 Å². The molecule has 21 heavy (non-hydrogen) atoms. The molecular weight excluding hydrogens is 262 g/mol. The number of hydrogen-bond acceptors (Lipinski definition) is 3. The molecule has 0 radical (unpaired) electrons. The first kappa shape index (κ1) is 15.5. The molecule has 2 rings (SSSR count). The Bertz CT molecular complexity index is 534. The van der Waals surface area contributed by atoms with Crippen LogP contribution in [0.5, 0.6) is 5.75 Å². The number of rotatable bonds is 6. The number of aliphatic hydroxyl groups is 1. The second-order valence-corrected chi connectivity index (χ2v) is 6.02. The third kappa shape index (κ3) is 4.88. The van der Waals surface area contributed by atoms with Crippen LogP contribution in [0.1, 0.15) is 31.9 Å². The lowest BCUT2D eigenvalue weighted by Crippen LogP contribution is -2.39. The Morgan fingerprint density at radius 1 is 1.00 bits per heavy atom. The van der Waals surface area contributed by atoms with Crippen molar-refractivity contribution in [1.82, 2.24) is 0 Å². The molecule has 0 spiro atoms. The molecular formula is C18H23NO2. The first-order valence-corrected chi connectivity index (χ1v) is 7.19. The molecule has 112 valence electrons. The number of aliphatic hydroxyl groups excluding tert-OH is 1. The zero-order valence-electron chi connectivity index (χ0n) is 12.6. The Kier molecular flexibility index (Phi) is 4.99. The fraction of sp³-hybridized carbons (Fsp3) is 0.333. The fourth-order valence-corrected chi connectivity index (χ4v) is 2.30. The molecule has 2 atom stereocenters. The van der Waals surface area contributed by atoms with Crippen molar-refractivity contribution in [3.05, 3.63) is 66.2 Å². The van der Waals surface area contributed by atoms with Gasteiger partial charge in [0, 0.05) is 5.54 Å². The van der Waals surface area contributed by atoms with Crippen molar-refractivity contribution in [3.8, 4) is 5.75 Å². The molecule has 0 heterocycles. The lowest BCUT2D eigenvalue weighted by molar-refractivity contribution is 0.0186. The molecule has 0 aromatic heterocycles. The van der Waals surface area contributed by atoms with Crippen LogP contribution >= 0.6 is 0 Å². The third-order valence-corrected chi connectivity index (χ3v) is 3.22. The minimum Gasteiger partial charge on any atom is -0.483 e. The smallest absolute Gasteiger partial charge is 0.150 e. The summed E-state index contributed by atoms with van der Waals surface area (Å²) in [6.07, 6.45) is -0.650. The predicted octanol–water partition coefficient (Wildman–Crippen LogP) is 3.30. The topological polar surface area (TPSA) is 55.5 Å². The molecule has 0 aliphatic heterocycles. The molecule has 0 saturated heterocycles. The highest BCUT2D eigenvalue weighted by molar-refractivity contribution is 5.25. The number of para-hydroxylation sites is 1. The SMILES string of the molecule is CC(C)(N)CC(O)C(Oc1ccccc1)c1ccccc1. The van der Waals surface area contributed by atoms with E-state index in [4.69, 9.17) is 10.5 Å².